The predicted octanol–water partition coefficient (Wildman–Crippen LogP) is 4.99. The van der Waals surface area contributed by atoms with Crippen LogP contribution in [0.4, 0.5) is 11.4 Å². The molecule has 0 heterocycles. The number of carbonyl (C=O) groups excluding carboxylic acids is 1. The second kappa shape index (κ2) is 12.0. The number of nitrogens with one attached hydrogen (secondary N) is 2. The number of amides is 1. The van der Waals surface area contributed by atoms with E-state index < -0.39 is 0 Å². The molecule has 0 fully saturated rings. The highest BCUT2D eigenvalue weighted by atomic mass is 16.5. The van der Waals surface area contributed by atoms with E-state index in [4.69, 9.17) is 19.5 Å². The maximum Gasteiger partial charge on any atom is 0.243 e. The fourth-order valence-corrected chi connectivity index (χ4v) is 3.11. The Balaban J connectivity index is 1.57. The Kier molecular flexibility index (Phi) is 8.55. The van der Waals surface area contributed by atoms with Crippen molar-refractivity contribution in [3.05, 3.63) is 77.9 Å². The number of hydrogen-bond acceptors (Lipinski definition) is 6. The van der Waals surface area contributed by atoms with E-state index in [2.05, 4.69) is 16.7 Å². The highest BCUT2D eigenvalue weighted by molar-refractivity contribution is 5.95. The van der Waals surface area contributed by atoms with Crippen molar-refractivity contribution in [2.75, 3.05) is 30.4 Å². The van der Waals surface area contributed by atoms with Gasteiger partial charge in [0.1, 0.15) is 23.9 Å². The van der Waals surface area contributed by atoms with Gasteiger partial charge in [-0.15, -0.1) is 0 Å². The van der Waals surface area contributed by atoms with E-state index in [9.17, 15) is 4.79 Å². The van der Waals surface area contributed by atoms with Crippen molar-refractivity contribution in [3.63, 3.8) is 0 Å². The molecule has 33 heavy (non-hydrogen) atoms. The lowest BCUT2D eigenvalue weighted by molar-refractivity contribution is -0.114. The Labute approximate surface area is 193 Å². The summed E-state index contributed by atoms with van der Waals surface area (Å²) in [5.74, 6) is 1.69. The fraction of sp³-hybridized carbons (Fsp3) is 0.231. The summed E-state index contributed by atoms with van der Waals surface area (Å²) >= 11 is 0. The molecule has 3 rings (SSSR count). The molecule has 0 saturated heterocycles. The van der Waals surface area contributed by atoms with E-state index in [-0.39, 0.29) is 12.5 Å². The van der Waals surface area contributed by atoms with Crippen molar-refractivity contribution in [1.82, 2.24) is 0 Å². The van der Waals surface area contributed by atoms with Gasteiger partial charge >= 0.3 is 0 Å². The summed E-state index contributed by atoms with van der Waals surface area (Å²) in [6.45, 7) is 5.22. The summed E-state index contributed by atoms with van der Waals surface area (Å²) in [5.41, 5.74) is 2.82. The monoisotopic (exact) mass is 445 g/mol. The minimum Gasteiger partial charge on any atom is -0.494 e. The van der Waals surface area contributed by atoms with Gasteiger partial charge < -0.3 is 24.8 Å². The van der Waals surface area contributed by atoms with Gasteiger partial charge in [0, 0.05) is 17.8 Å². The van der Waals surface area contributed by atoms with Crippen molar-refractivity contribution in [2.45, 2.75) is 20.5 Å². The molecule has 0 radical (unpaired) electrons. The molecule has 0 bridgehead atoms. The SMILES string of the molecule is CCOc1ccc(OCC)c(NC(=O)CNc2cccc(OCc3cccc(C#N)c3)c2)c1. The molecule has 0 atom stereocenters. The molecule has 0 aromatic heterocycles. The number of rotatable bonds is 11. The number of ether oxygens (including phenoxy) is 3. The predicted molar refractivity (Wildman–Crippen MR) is 128 cm³/mol. The number of nitrogens with zero attached hydrogens (tertiary/aromatic N) is 1. The molecule has 0 aliphatic rings. The average molecular weight is 446 g/mol. The maximum atomic E-state index is 12.5. The zero-order chi connectivity index (χ0) is 23.5. The number of anilines is 2. The summed E-state index contributed by atoms with van der Waals surface area (Å²) in [6.07, 6.45) is 0. The highest BCUT2D eigenvalue weighted by Crippen LogP contribution is 2.29. The highest BCUT2D eigenvalue weighted by Gasteiger charge is 2.10. The summed E-state index contributed by atoms with van der Waals surface area (Å²) in [7, 11) is 0. The molecule has 2 N–H and O–H groups in total. The van der Waals surface area contributed by atoms with Gasteiger partial charge in [-0.2, -0.15) is 5.26 Å². The maximum absolute atomic E-state index is 12.5. The van der Waals surface area contributed by atoms with Gasteiger partial charge in [-0.1, -0.05) is 18.2 Å². The number of benzene rings is 3. The Hall–Kier alpha value is -4.18. The summed E-state index contributed by atoms with van der Waals surface area (Å²) in [4.78, 5) is 12.5. The third-order valence-electron chi connectivity index (χ3n) is 4.58. The second-order valence-electron chi connectivity index (χ2n) is 7.05. The van der Waals surface area contributed by atoms with Gasteiger partial charge in [0.15, 0.2) is 0 Å². The van der Waals surface area contributed by atoms with Crippen LogP contribution in [0.5, 0.6) is 17.2 Å². The third kappa shape index (κ3) is 7.18. The van der Waals surface area contributed by atoms with Crippen LogP contribution in [-0.4, -0.2) is 25.7 Å². The minimum atomic E-state index is -0.218. The molecule has 0 unspecified atom stereocenters. The van der Waals surface area contributed by atoms with Crippen LogP contribution < -0.4 is 24.8 Å². The van der Waals surface area contributed by atoms with E-state index in [1.54, 1.807) is 24.3 Å². The fourth-order valence-electron chi connectivity index (χ4n) is 3.11. The number of nitriles is 1. The lowest BCUT2D eigenvalue weighted by Crippen LogP contribution is -2.22. The molecule has 1 amide bonds. The van der Waals surface area contributed by atoms with Gasteiger partial charge in [-0.05, 0) is 55.8 Å². The van der Waals surface area contributed by atoms with Crippen LogP contribution in [0.2, 0.25) is 0 Å². The van der Waals surface area contributed by atoms with E-state index >= 15 is 0 Å². The second-order valence-corrected chi connectivity index (χ2v) is 7.05. The lowest BCUT2D eigenvalue weighted by Gasteiger charge is -2.14. The molecule has 0 aliphatic carbocycles. The third-order valence-corrected chi connectivity index (χ3v) is 4.58. The van der Waals surface area contributed by atoms with Crippen molar-refractivity contribution in [2.24, 2.45) is 0 Å². The topological polar surface area (TPSA) is 92.6 Å². The Morgan fingerprint density at radius 2 is 1.70 bits per heavy atom. The molecule has 0 saturated carbocycles. The zero-order valence-electron chi connectivity index (χ0n) is 18.8. The van der Waals surface area contributed by atoms with Crippen LogP contribution in [0.15, 0.2) is 66.7 Å². The molecule has 170 valence electrons. The van der Waals surface area contributed by atoms with Gasteiger partial charge in [-0.3, -0.25) is 4.79 Å². The molecule has 7 nitrogen and oxygen atoms in total. The van der Waals surface area contributed by atoms with E-state index in [1.807, 2.05) is 56.3 Å². The first-order chi connectivity index (χ1) is 16.1. The summed E-state index contributed by atoms with van der Waals surface area (Å²) in [6, 6.07) is 22.1. The van der Waals surface area contributed by atoms with Crippen molar-refractivity contribution in [3.8, 4) is 23.3 Å². The lowest BCUT2D eigenvalue weighted by atomic mass is 10.1. The quantitative estimate of drug-likeness (QED) is 0.432. The van der Waals surface area contributed by atoms with E-state index in [0.717, 1.165) is 11.3 Å². The minimum absolute atomic E-state index is 0.0676. The van der Waals surface area contributed by atoms with Crippen LogP contribution in [0.1, 0.15) is 25.0 Å². The average Bonchev–Trinajstić information content (AvgIpc) is 2.84. The van der Waals surface area contributed by atoms with E-state index in [0.29, 0.717) is 48.3 Å². The number of hydrogen-bond donors (Lipinski definition) is 2. The summed E-state index contributed by atoms with van der Waals surface area (Å²) in [5, 5.41) is 15.0. The first kappa shape index (κ1) is 23.5. The Morgan fingerprint density at radius 3 is 2.48 bits per heavy atom. The van der Waals surface area contributed by atoms with Crippen molar-refractivity contribution >= 4 is 17.3 Å². The molecule has 3 aromatic carbocycles. The van der Waals surface area contributed by atoms with Crippen molar-refractivity contribution < 1.29 is 19.0 Å². The van der Waals surface area contributed by atoms with Crippen LogP contribution in [-0.2, 0) is 11.4 Å². The Morgan fingerprint density at radius 1 is 0.909 bits per heavy atom. The largest absolute Gasteiger partial charge is 0.494 e. The summed E-state index contributed by atoms with van der Waals surface area (Å²) < 4.78 is 17.0. The number of carbonyl (C=O) groups is 1. The van der Waals surface area contributed by atoms with Crippen LogP contribution in [0.3, 0.4) is 0 Å². The molecular formula is C26H27N3O4. The van der Waals surface area contributed by atoms with Crippen LogP contribution in [0, 0.1) is 11.3 Å². The van der Waals surface area contributed by atoms with Crippen LogP contribution >= 0.6 is 0 Å². The van der Waals surface area contributed by atoms with Crippen LogP contribution in [0.25, 0.3) is 0 Å². The van der Waals surface area contributed by atoms with E-state index in [1.165, 1.54) is 0 Å². The molecule has 7 heteroatoms. The van der Waals surface area contributed by atoms with Gasteiger partial charge in [0.05, 0.1) is 37.1 Å². The van der Waals surface area contributed by atoms with Crippen molar-refractivity contribution in [1.29, 1.82) is 5.26 Å². The normalized spacial score (nSPS) is 10.1. The standard InChI is InChI=1S/C26H27N3O4/c1-3-31-23-11-12-25(32-4-2)24(15-23)29-26(30)17-28-21-9-6-10-22(14-21)33-18-20-8-5-7-19(13-20)16-27/h5-15,28H,3-4,17-18H2,1-2H3,(H,29,30). The molecule has 3 aromatic rings. The smallest absolute Gasteiger partial charge is 0.243 e. The first-order valence-electron chi connectivity index (χ1n) is 10.8. The molecule has 0 spiro atoms. The van der Waals surface area contributed by atoms with Gasteiger partial charge in [0.2, 0.25) is 5.91 Å². The van der Waals surface area contributed by atoms with Gasteiger partial charge in [-0.25, -0.2) is 0 Å². The zero-order valence-corrected chi connectivity index (χ0v) is 18.8. The first-order valence-corrected chi connectivity index (χ1v) is 10.8. The molecular weight excluding hydrogens is 418 g/mol. The molecule has 0 aliphatic heterocycles. The Bertz CT molecular complexity index is 1120. The van der Waals surface area contributed by atoms with Gasteiger partial charge in [0.25, 0.3) is 0 Å².